The van der Waals surface area contributed by atoms with Crippen LogP contribution in [0.25, 0.3) is 0 Å². The van der Waals surface area contributed by atoms with Crippen LogP contribution in [0.2, 0.25) is 0 Å². The molecule has 1 atom stereocenters. The van der Waals surface area contributed by atoms with Gasteiger partial charge in [-0.2, -0.15) is 0 Å². The highest BCUT2D eigenvalue weighted by Gasteiger charge is 2.34. The molecule has 0 bridgehead atoms. The van der Waals surface area contributed by atoms with E-state index in [9.17, 15) is 9.59 Å². The Hall–Kier alpha value is -1.34. The molecule has 7 heteroatoms. The largest absolute Gasteiger partial charge is 0.325 e. The van der Waals surface area contributed by atoms with Crippen molar-refractivity contribution >= 4 is 50.4 Å². The van der Waals surface area contributed by atoms with Crippen LogP contribution in [0.1, 0.15) is 20.3 Å². The van der Waals surface area contributed by atoms with Crippen molar-refractivity contribution in [1.29, 1.82) is 0 Å². The highest BCUT2D eigenvalue weighted by molar-refractivity contribution is 9.10. The van der Waals surface area contributed by atoms with Crippen molar-refractivity contribution in [2.24, 2.45) is 4.99 Å². The number of carbonyl (C=O) groups is 2. The van der Waals surface area contributed by atoms with E-state index in [0.717, 1.165) is 4.47 Å². The Labute approximate surface area is 142 Å². The van der Waals surface area contributed by atoms with Crippen LogP contribution in [-0.4, -0.2) is 40.2 Å². The van der Waals surface area contributed by atoms with Crippen molar-refractivity contribution in [2.75, 3.05) is 18.4 Å². The van der Waals surface area contributed by atoms with E-state index in [0.29, 0.717) is 23.9 Å². The highest BCUT2D eigenvalue weighted by Crippen LogP contribution is 2.27. The van der Waals surface area contributed by atoms with E-state index in [1.807, 2.05) is 38.1 Å². The summed E-state index contributed by atoms with van der Waals surface area (Å²) in [6, 6.07) is 7.35. The molecular weight excluding hydrogens is 366 g/mol. The summed E-state index contributed by atoms with van der Waals surface area (Å²) in [6.45, 7) is 4.99. The summed E-state index contributed by atoms with van der Waals surface area (Å²) >= 11 is 4.71. The van der Waals surface area contributed by atoms with Gasteiger partial charge in [-0.25, -0.2) is 0 Å². The number of hydrogen-bond acceptors (Lipinski definition) is 4. The first-order valence-corrected chi connectivity index (χ1v) is 8.80. The van der Waals surface area contributed by atoms with Crippen molar-refractivity contribution < 1.29 is 9.59 Å². The number of rotatable bonds is 4. The number of hydrogen-bond donors (Lipinski definition) is 1. The smallest absolute Gasteiger partial charge is 0.238 e. The topological polar surface area (TPSA) is 61.8 Å². The summed E-state index contributed by atoms with van der Waals surface area (Å²) < 4.78 is 0.948. The van der Waals surface area contributed by atoms with Crippen LogP contribution in [0.5, 0.6) is 0 Å². The first-order chi connectivity index (χ1) is 10.5. The van der Waals surface area contributed by atoms with Crippen molar-refractivity contribution in [3.8, 4) is 0 Å². The summed E-state index contributed by atoms with van der Waals surface area (Å²) in [6.07, 6.45) is 0.198. The number of carbonyl (C=O) groups excluding carboxylic acids is 2. The number of benzene rings is 1. The first kappa shape index (κ1) is 17.0. The molecule has 2 rings (SSSR count). The van der Waals surface area contributed by atoms with Crippen molar-refractivity contribution in [1.82, 2.24) is 4.90 Å². The number of nitrogens with zero attached hydrogens (tertiary/aromatic N) is 2. The second kappa shape index (κ2) is 7.78. The lowest BCUT2D eigenvalue weighted by molar-refractivity contribution is -0.129. The monoisotopic (exact) mass is 383 g/mol. The van der Waals surface area contributed by atoms with Gasteiger partial charge in [-0.05, 0) is 38.1 Å². The molecule has 0 spiro atoms. The van der Waals surface area contributed by atoms with Crippen molar-refractivity contribution in [3.05, 3.63) is 28.7 Å². The predicted molar refractivity (Wildman–Crippen MR) is 94.1 cm³/mol. The minimum Gasteiger partial charge on any atom is -0.325 e. The molecule has 1 aliphatic heterocycles. The molecular formula is C15H18BrN3O2S. The maximum Gasteiger partial charge on any atom is 0.238 e. The average Bonchev–Trinajstić information content (AvgIpc) is 2.49. The zero-order valence-corrected chi connectivity index (χ0v) is 14.9. The summed E-state index contributed by atoms with van der Waals surface area (Å²) in [7, 11) is 0. The Bertz CT molecular complexity index is 589. The Kier molecular flexibility index (Phi) is 6.02. The van der Waals surface area contributed by atoms with Crippen molar-refractivity contribution in [3.63, 3.8) is 0 Å². The predicted octanol–water partition coefficient (Wildman–Crippen LogP) is 3.12. The SMILES string of the molecule is CCN=C1SC(C(=O)Nc2ccc(Br)cc2)CC(=O)N1CC. The van der Waals surface area contributed by atoms with Gasteiger partial charge in [0.05, 0.1) is 0 Å². The molecule has 118 valence electrons. The quantitative estimate of drug-likeness (QED) is 0.868. The van der Waals surface area contributed by atoms with Crippen LogP contribution in [0.15, 0.2) is 33.7 Å². The molecule has 1 fully saturated rings. The van der Waals surface area contributed by atoms with E-state index in [2.05, 4.69) is 26.2 Å². The standard InChI is InChI=1S/C15H18BrN3O2S/c1-3-17-15-19(4-2)13(20)9-12(22-15)14(21)18-11-7-5-10(16)6-8-11/h5-8,12H,3-4,9H2,1-2H3,(H,18,21). The summed E-state index contributed by atoms with van der Waals surface area (Å²) in [5, 5.41) is 3.04. The summed E-state index contributed by atoms with van der Waals surface area (Å²) in [5.41, 5.74) is 0.716. The highest BCUT2D eigenvalue weighted by atomic mass is 79.9. The Balaban J connectivity index is 2.08. The molecule has 0 radical (unpaired) electrons. The molecule has 1 aromatic rings. The molecule has 1 saturated heterocycles. The van der Waals surface area contributed by atoms with E-state index in [-0.39, 0.29) is 18.2 Å². The molecule has 1 aliphatic rings. The maximum absolute atomic E-state index is 12.4. The lowest BCUT2D eigenvalue weighted by Gasteiger charge is -2.30. The number of anilines is 1. The number of amidine groups is 1. The fourth-order valence-electron chi connectivity index (χ4n) is 2.08. The van der Waals surface area contributed by atoms with E-state index in [1.54, 1.807) is 4.90 Å². The van der Waals surface area contributed by atoms with E-state index in [1.165, 1.54) is 11.8 Å². The number of aliphatic imine (C=N–C) groups is 1. The third-order valence-electron chi connectivity index (χ3n) is 3.15. The lowest BCUT2D eigenvalue weighted by Crippen LogP contribution is -2.45. The molecule has 1 heterocycles. The second-order valence-corrected chi connectivity index (χ2v) is 6.79. The van der Waals surface area contributed by atoms with Gasteiger partial charge in [0, 0.05) is 29.7 Å². The molecule has 0 saturated carbocycles. The normalized spacial score (nSPS) is 20.3. The Morgan fingerprint density at radius 1 is 1.41 bits per heavy atom. The van der Waals surface area contributed by atoms with Crippen LogP contribution < -0.4 is 5.32 Å². The summed E-state index contributed by atoms with van der Waals surface area (Å²) in [5.74, 6) is -0.218. The van der Waals surface area contributed by atoms with Crippen molar-refractivity contribution in [2.45, 2.75) is 25.5 Å². The summed E-state index contributed by atoms with van der Waals surface area (Å²) in [4.78, 5) is 30.5. The van der Waals surface area contributed by atoms with Gasteiger partial charge >= 0.3 is 0 Å². The fraction of sp³-hybridized carbons (Fsp3) is 0.400. The van der Waals surface area contributed by atoms with Gasteiger partial charge in [0.25, 0.3) is 0 Å². The molecule has 0 aromatic heterocycles. The number of nitrogens with one attached hydrogen (secondary N) is 1. The van der Waals surface area contributed by atoms with Gasteiger partial charge in [-0.1, -0.05) is 27.7 Å². The van der Waals surface area contributed by atoms with Crippen LogP contribution >= 0.6 is 27.7 Å². The van der Waals surface area contributed by atoms with Gasteiger partial charge in [0.2, 0.25) is 11.8 Å². The Morgan fingerprint density at radius 3 is 2.68 bits per heavy atom. The van der Waals surface area contributed by atoms with Gasteiger partial charge in [-0.3, -0.25) is 19.5 Å². The van der Waals surface area contributed by atoms with Crippen LogP contribution in [-0.2, 0) is 9.59 Å². The van der Waals surface area contributed by atoms with Crippen LogP contribution in [0.4, 0.5) is 5.69 Å². The molecule has 1 aromatic carbocycles. The molecule has 0 aliphatic carbocycles. The minimum atomic E-state index is -0.441. The fourth-order valence-corrected chi connectivity index (χ4v) is 3.55. The van der Waals surface area contributed by atoms with Gasteiger partial charge in [0.1, 0.15) is 5.25 Å². The average molecular weight is 384 g/mol. The zero-order chi connectivity index (χ0) is 16.1. The minimum absolute atomic E-state index is 0.0515. The van der Waals surface area contributed by atoms with E-state index in [4.69, 9.17) is 0 Å². The number of thioether (sulfide) groups is 1. The Morgan fingerprint density at radius 2 is 2.09 bits per heavy atom. The molecule has 22 heavy (non-hydrogen) atoms. The van der Waals surface area contributed by atoms with Gasteiger partial charge in [-0.15, -0.1) is 0 Å². The third kappa shape index (κ3) is 4.10. The third-order valence-corrected chi connectivity index (χ3v) is 4.91. The molecule has 2 amide bonds. The van der Waals surface area contributed by atoms with Gasteiger partial charge < -0.3 is 5.32 Å². The lowest BCUT2D eigenvalue weighted by atomic mass is 10.2. The second-order valence-electron chi connectivity index (χ2n) is 4.70. The van der Waals surface area contributed by atoms with E-state index < -0.39 is 5.25 Å². The van der Waals surface area contributed by atoms with Crippen LogP contribution in [0.3, 0.4) is 0 Å². The first-order valence-electron chi connectivity index (χ1n) is 7.13. The van der Waals surface area contributed by atoms with Crippen LogP contribution in [0, 0.1) is 0 Å². The molecule has 1 N–H and O–H groups in total. The number of halogens is 1. The molecule has 1 unspecified atom stereocenters. The molecule has 5 nitrogen and oxygen atoms in total. The number of amides is 2. The van der Waals surface area contributed by atoms with Gasteiger partial charge in [0.15, 0.2) is 5.17 Å². The maximum atomic E-state index is 12.4. The van der Waals surface area contributed by atoms with E-state index >= 15 is 0 Å². The zero-order valence-electron chi connectivity index (χ0n) is 12.5.